The topological polar surface area (TPSA) is 46.2 Å². The highest BCUT2D eigenvalue weighted by Gasteiger charge is 2.25. The lowest BCUT2D eigenvalue weighted by Gasteiger charge is -2.18. The summed E-state index contributed by atoms with van der Waals surface area (Å²) in [4.78, 5) is 0.396. The van der Waals surface area contributed by atoms with E-state index < -0.39 is 9.84 Å². The number of benzene rings is 1. The summed E-state index contributed by atoms with van der Waals surface area (Å²) in [5.74, 6) is 0.851. The molecule has 0 bridgehead atoms. The number of sulfone groups is 1. The summed E-state index contributed by atoms with van der Waals surface area (Å²) >= 11 is 0. The highest BCUT2D eigenvalue weighted by atomic mass is 32.2. The third-order valence-corrected chi connectivity index (χ3v) is 4.56. The van der Waals surface area contributed by atoms with E-state index in [0.717, 1.165) is 18.9 Å². The van der Waals surface area contributed by atoms with Gasteiger partial charge in [-0.3, -0.25) is 0 Å². The molecule has 1 unspecified atom stereocenters. The van der Waals surface area contributed by atoms with Crippen LogP contribution < -0.4 is 5.32 Å². The highest BCUT2D eigenvalue weighted by molar-refractivity contribution is 7.90. The molecule has 1 fully saturated rings. The van der Waals surface area contributed by atoms with Crippen LogP contribution >= 0.6 is 0 Å². The molecule has 3 nitrogen and oxygen atoms in total. The number of hydrogen-bond acceptors (Lipinski definition) is 3. The maximum absolute atomic E-state index is 11.4. The van der Waals surface area contributed by atoms with Gasteiger partial charge in [0.15, 0.2) is 9.84 Å². The summed E-state index contributed by atoms with van der Waals surface area (Å²) in [7, 11) is -3.09. The van der Waals surface area contributed by atoms with Gasteiger partial charge in [-0.2, -0.15) is 0 Å². The smallest absolute Gasteiger partial charge is 0.175 e. The Hall–Kier alpha value is -0.870. The van der Waals surface area contributed by atoms with Crippen molar-refractivity contribution in [2.45, 2.75) is 37.1 Å². The largest absolute Gasteiger partial charge is 0.310 e. The maximum atomic E-state index is 11.4. The molecule has 0 heterocycles. The average molecular weight is 267 g/mol. The van der Waals surface area contributed by atoms with Crippen LogP contribution in [0.5, 0.6) is 0 Å². The molecule has 0 saturated heterocycles. The lowest BCUT2D eigenvalue weighted by Crippen LogP contribution is -2.21. The molecule has 1 aromatic carbocycles. The van der Waals surface area contributed by atoms with Crippen molar-refractivity contribution in [3.8, 4) is 0 Å². The van der Waals surface area contributed by atoms with Crippen molar-refractivity contribution >= 4 is 9.84 Å². The summed E-state index contributed by atoms with van der Waals surface area (Å²) < 4.78 is 22.8. The monoisotopic (exact) mass is 267 g/mol. The predicted molar refractivity (Wildman–Crippen MR) is 73.3 cm³/mol. The van der Waals surface area contributed by atoms with Crippen LogP contribution in [-0.2, 0) is 9.84 Å². The standard InChI is InChI=1S/C14H21NO2S/c1-3-15-14(10-11-4-5-11)12-6-8-13(9-7-12)18(2,16)17/h6-9,11,14-15H,3-5,10H2,1-2H3. The highest BCUT2D eigenvalue weighted by Crippen LogP contribution is 2.37. The number of rotatable bonds is 6. The molecule has 2 rings (SSSR count). The summed E-state index contributed by atoms with van der Waals surface area (Å²) in [6, 6.07) is 7.65. The molecule has 0 aliphatic heterocycles. The van der Waals surface area contributed by atoms with Crippen molar-refractivity contribution in [3.63, 3.8) is 0 Å². The molecule has 100 valence electrons. The first-order chi connectivity index (χ1) is 8.50. The van der Waals surface area contributed by atoms with Crippen molar-refractivity contribution in [1.82, 2.24) is 5.32 Å². The van der Waals surface area contributed by atoms with Crippen molar-refractivity contribution in [1.29, 1.82) is 0 Å². The van der Waals surface area contributed by atoms with Crippen LogP contribution in [0.4, 0.5) is 0 Å². The van der Waals surface area contributed by atoms with E-state index >= 15 is 0 Å². The fourth-order valence-electron chi connectivity index (χ4n) is 2.22. The van der Waals surface area contributed by atoms with E-state index in [-0.39, 0.29) is 0 Å². The van der Waals surface area contributed by atoms with Gasteiger partial charge in [0.25, 0.3) is 0 Å². The number of hydrogen-bond donors (Lipinski definition) is 1. The Morgan fingerprint density at radius 3 is 2.33 bits per heavy atom. The summed E-state index contributed by atoms with van der Waals surface area (Å²) in [6.07, 6.45) is 5.08. The van der Waals surface area contributed by atoms with Crippen LogP contribution in [0.15, 0.2) is 29.2 Å². The fourth-order valence-corrected chi connectivity index (χ4v) is 2.85. The Labute approximate surface area is 110 Å². The molecule has 0 amide bonds. The Balaban J connectivity index is 2.14. The second-order valence-electron chi connectivity index (χ2n) is 5.13. The zero-order chi connectivity index (χ0) is 13.2. The van der Waals surface area contributed by atoms with Crippen molar-refractivity contribution in [3.05, 3.63) is 29.8 Å². The first kappa shape index (κ1) is 13.6. The molecule has 4 heteroatoms. The van der Waals surface area contributed by atoms with Crippen LogP contribution in [0.3, 0.4) is 0 Å². The summed E-state index contributed by atoms with van der Waals surface area (Å²) in [5.41, 5.74) is 1.19. The van der Waals surface area contributed by atoms with Crippen molar-refractivity contribution < 1.29 is 8.42 Å². The van der Waals surface area contributed by atoms with Gasteiger partial charge in [-0.25, -0.2) is 8.42 Å². The second kappa shape index (κ2) is 5.41. The molecular formula is C14H21NO2S. The first-order valence-electron chi connectivity index (χ1n) is 6.54. The first-order valence-corrected chi connectivity index (χ1v) is 8.43. The van der Waals surface area contributed by atoms with E-state index in [0.29, 0.717) is 10.9 Å². The van der Waals surface area contributed by atoms with E-state index in [4.69, 9.17) is 0 Å². The zero-order valence-corrected chi connectivity index (χ0v) is 11.8. The van der Waals surface area contributed by atoms with Crippen LogP contribution in [0.2, 0.25) is 0 Å². The van der Waals surface area contributed by atoms with E-state index in [1.54, 1.807) is 12.1 Å². The van der Waals surface area contributed by atoms with Crippen LogP contribution in [-0.4, -0.2) is 21.2 Å². The van der Waals surface area contributed by atoms with Crippen LogP contribution in [0.25, 0.3) is 0 Å². The second-order valence-corrected chi connectivity index (χ2v) is 7.15. The molecule has 1 saturated carbocycles. The van der Waals surface area contributed by atoms with Gasteiger partial charge in [-0.1, -0.05) is 31.9 Å². The van der Waals surface area contributed by atoms with Gasteiger partial charge in [0.1, 0.15) is 0 Å². The number of nitrogens with one attached hydrogen (secondary N) is 1. The summed E-state index contributed by atoms with van der Waals surface area (Å²) in [5, 5.41) is 3.48. The normalized spacial score (nSPS) is 17.7. The van der Waals surface area contributed by atoms with Crippen molar-refractivity contribution in [2.75, 3.05) is 12.8 Å². The Bertz CT molecular complexity index is 489. The molecule has 0 spiro atoms. The Morgan fingerprint density at radius 1 is 1.28 bits per heavy atom. The van der Waals surface area contributed by atoms with Gasteiger partial charge in [-0.05, 0) is 36.6 Å². The Morgan fingerprint density at radius 2 is 1.89 bits per heavy atom. The van der Waals surface area contributed by atoms with Gasteiger partial charge in [-0.15, -0.1) is 0 Å². The van der Waals surface area contributed by atoms with Crippen LogP contribution in [0, 0.1) is 5.92 Å². The molecule has 1 atom stereocenters. The summed E-state index contributed by atoms with van der Waals surface area (Å²) in [6.45, 7) is 3.04. The van der Waals surface area contributed by atoms with Gasteiger partial charge in [0.2, 0.25) is 0 Å². The maximum Gasteiger partial charge on any atom is 0.175 e. The van der Waals surface area contributed by atoms with E-state index in [1.807, 2.05) is 12.1 Å². The molecule has 1 aromatic rings. The van der Waals surface area contributed by atoms with E-state index in [9.17, 15) is 8.42 Å². The molecule has 1 aliphatic carbocycles. The third-order valence-electron chi connectivity index (χ3n) is 3.43. The minimum absolute atomic E-state index is 0.358. The van der Waals surface area contributed by atoms with Gasteiger partial charge in [0.05, 0.1) is 4.90 Å². The predicted octanol–water partition coefficient (Wildman–Crippen LogP) is 2.54. The fraction of sp³-hybridized carbons (Fsp3) is 0.571. The zero-order valence-electron chi connectivity index (χ0n) is 11.0. The molecule has 18 heavy (non-hydrogen) atoms. The average Bonchev–Trinajstić information content (AvgIpc) is 3.11. The minimum Gasteiger partial charge on any atom is -0.310 e. The third kappa shape index (κ3) is 3.56. The van der Waals surface area contributed by atoms with Gasteiger partial charge >= 0.3 is 0 Å². The lowest BCUT2D eigenvalue weighted by atomic mass is 10.0. The molecule has 1 N–H and O–H groups in total. The van der Waals surface area contributed by atoms with Crippen molar-refractivity contribution in [2.24, 2.45) is 5.92 Å². The lowest BCUT2D eigenvalue weighted by molar-refractivity contribution is 0.486. The SMILES string of the molecule is CCNC(CC1CC1)c1ccc(S(C)(=O)=O)cc1. The molecule has 0 aromatic heterocycles. The van der Waals surface area contributed by atoms with E-state index in [2.05, 4.69) is 12.2 Å². The quantitative estimate of drug-likeness (QED) is 0.861. The van der Waals surface area contributed by atoms with Gasteiger partial charge < -0.3 is 5.32 Å². The van der Waals surface area contributed by atoms with Gasteiger partial charge in [0, 0.05) is 12.3 Å². The molecule has 0 radical (unpaired) electrons. The molecule has 1 aliphatic rings. The Kier molecular flexibility index (Phi) is 4.07. The van der Waals surface area contributed by atoms with Crippen LogP contribution in [0.1, 0.15) is 37.8 Å². The minimum atomic E-state index is -3.09. The van der Waals surface area contributed by atoms with E-state index in [1.165, 1.54) is 24.7 Å². The molecular weight excluding hydrogens is 246 g/mol.